The van der Waals surface area contributed by atoms with Gasteiger partial charge in [0.2, 0.25) is 0 Å². The summed E-state index contributed by atoms with van der Waals surface area (Å²) in [6.07, 6.45) is 1.74. The van der Waals surface area contributed by atoms with Crippen molar-refractivity contribution in [3.8, 4) is 0 Å². The summed E-state index contributed by atoms with van der Waals surface area (Å²) >= 11 is 7.61. The van der Waals surface area contributed by atoms with Gasteiger partial charge >= 0.3 is 0 Å². The normalized spacial score (nSPS) is 11.1. The Morgan fingerprint density at radius 3 is 3.00 bits per heavy atom. The topological polar surface area (TPSA) is 47.8 Å². The molecular formula is C13H10ClN3OS. The zero-order valence-electron chi connectivity index (χ0n) is 10.1. The zero-order chi connectivity index (χ0) is 13.4. The summed E-state index contributed by atoms with van der Waals surface area (Å²) in [5.74, 6) is 0.547. The first-order valence-corrected chi connectivity index (χ1v) is 6.96. The lowest BCUT2D eigenvalue weighted by molar-refractivity contribution is 0.718. The van der Waals surface area contributed by atoms with E-state index in [1.807, 2.05) is 24.4 Å². The molecule has 3 rings (SSSR count). The summed E-state index contributed by atoms with van der Waals surface area (Å²) in [5.41, 5.74) is 0.875. The smallest absolute Gasteiger partial charge is 0.251 e. The first-order valence-electron chi connectivity index (χ1n) is 5.70. The Kier molecular flexibility index (Phi) is 3.08. The SMILES string of the molecule is Cc1ccn(Cc2nc(Cl)c3ccsc3n2)c(=O)c1. The maximum Gasteiger partial charge on any atom is 0.251 e. The number of hydrogen-bond donors (Lipinski definition) is 0. The molecule has 0 saturated carbocycles. The Morgan fingerprint density at radius 1 is 1.37 bits per heavy atom. The van der Waals surface area contributed by atoms with Crippen LogP contribution in [0.15, 0.2) is 34.6 Å². The molecule has 0 aromatic carbocycles. The molecule has 0 atom stereocenters. The van der Waals surface area contributed by atoms with Crippen molar-refractivity contribution in [2.75, 3.05) is 0 Å². The molecule has 19 heavy (non-hydrogen) atoms. The highest BCUT2D eigenvalue weighted by molar-refractivity contribution is 7.16. The van der Waals surface area contributed by atoms with E-state index in [1.165, 1.54) is 11.3 Å². The number of rotatable bonds is 2. The molecule has 3 heterocycles. The number of aromatic nitrogens is 3. The van der Waals surface area contributed by atoms with Gasteiger partial charge in [0.05, 0.1) is 6.54 Å². The van der Waals surface area contributed by atoms with E-state index in [-0.39, 0.29) is 5.56 Å². The average Bonchev–Trinajstić information content (AvgIpc) is 2.81. The number of nitrogens with zero attached hydrogens (tertiary/aromatic N) is 3. The van der Waals surface area contributed by atoms with Gasteiger partial charge in [-0.25, -0.2) is 9.97 Å². The summed E-state index contributed by atoms with van der Waals surface area (Å²) in [7, 11) is 0. The number of fused-ring (bicyclic) bond motifs is 1. The third kappa shape index (κ3) is 2.39. The lowest BCUT2D eigenvalue weighted by Gasteiger charge is -2.05. The van der Waals surface area contributed by atoms with E-state index in [4.69, 9.17) is 11.6 Å². The van der Waals surface area contributed by atoms with Gasteiger partial charge in [-0.3, -0.25) is 4.79 Å². The fourth-order valence-corrected chi connectivity index (χ4v) is 2.91. The van der Waals surface area contributed by atoms with Crippen molar-refractivity contribution in [2.45, 2.75) is 13.5 Å². The number of hydrogen-bond acceptors (Lipinski definition) is 4. The molecule has 0 saturated heterocycles. The van der Waals surface area contributed by atoms with Gasteiger partial charge in [-0.05, 0) is 30.0 Å². The van der Waals surface area contributed by atoms with Crippen LogP contribution in [0.4, 0.5) is 0 Å². The Labute approximate surface area is 118 Å². The van der Waals surface area contributed by atoms with Gasteiger partial charge in [-0.15, -0.1) is 11.3 Å². The molecule has 3 aromatic heterocycles. The van der Waals surface area contributed by atoms with E-state index in [2.05, 4.69) is 9.97 Å². The highest BCUT2D eigenvalue weighted by atomic mass is 35.5. The lowest BCUT2D eigenvalue weighted by Crippen LogP contribution is -2.20. The Bertz CT molecular complexity index is 809. The molecule has 0 amide bonds. The van der Waals surface area contributed by atoms with E-state index in [0.717, 1.165) is 15.8 Å². The van der Waals surface area contributed by atoms with Crippen LogP contribution in [0.1, 0.15) is 11.4 Å². The third-order valence-corrected chi connectivity index (χ3v) is 3.88. The Balaban J connectivity index is 2.03. The third-order valence-electron chi connectivity index (χ3n) is 2.79. The van der Waals surface area contributed by atoms with Gasteiger partial charge in [0.15, 0.2) is 5.82 Å². The second kappa shape index (κ2) is 4.75. The minimum atomic E-state index is -0.0639. The second-order valence-electron chi connectivity index (χ2n) is 4.24. The molecule has 0 radical (unpaired) electrons. The van der Waals surface area contributed by atoms with Crippen molar-refractivity contribution >= 4 is 33.2 Å². The van der Waals surface area contributed by atoms with Gasteiger partial charge in [0.25, 0.3) is 5.56 Å². The van der Waals surface area contributed by atoms with Crippen LogP contribution in [-0.4, -0.2) is 14.5 Å². The van der Waals surface area contributed by atoms with E-state index in [0.29, 0.717) is 17.5 Å². The molecule has 0 bridgehead atoms. The molecule has 0 N–H and O–H groups in total. The monoisotopic (exact) mass is 291 g/mol. The van der Waals surface area contributed by atoms with Crippen molar-refractivity contribution in [3.05, 3.63) is 56.7 Å². The van der Waals surface area contributed by atoms with Crippen LogP contribution in [0.2, 0.25) is 5.15 Å². The summed E-state index contributed by atoms with van der Waals surface area (Å²) in [5, 5.41) is 3.21. The molecule has 0 aliphatic carbocycles. The first kappa shape index (κ1) is 12.3. The fourth-order valence-electron chi connectivity index (χ4n) is 1.82. The van der Waals surface area contributed by atoms with Gasteiger partial charge in [0.1, 0.15) is 9.98 Å². The lowest BCUT2D eigenvalue weighted by atomic mass is 10.3. The molecule has 3 aromatic rings. The van der Waals surface area contributed by atoms with Crippen LogP contribution in [0, 0.1) is 6.92 Å². The van der Waals surface area contributed by atoms with Crippen molar-refractivity contribution < 1.29 is 0 Å². The fraction of sp³-hybridized carbons (Fsp3) is 0.154. The van der Waals surface area contributed by atoms with Gasteiger partial charge in [-0.2, -0.15) is 0 Å². The Morgan fingerprint density at radius 2 is 2.21 bits per heavy atom. The molecular weight excluding hydrogens is 282 g/mol. The predicted octanol–water partition coefficient (Wildman–Crippen LogP) is 2.86. The molecule has 0 unspecified atom stereocenters. The minimum Gasteiger partial charge on any atom is -0.308 e. The molecule has 6 heteroatoms. The standard InChI is InChI=1S/C13H10ClN3OS/c1-8-2-4-17(11(18)6-8)7-10-15-12(14)9-3-5-19-13(9)16-10/h2-6H,7H2,1H3. The van der Waals surface area contributed by atoms with E-state index in [9.17, 15) is 4.79 Å². The number of aryl methyl sites for hydroxylation is 1. The highest BCUT2D eigenvalue weighted by Crippen LogP contribution is 2.24. The predicted molar refractivity (Wildman–Crippen MR) is 77.0 cm³/mol. The summed E-state index contributed by atoms with van der Waals surface area (Å²) < 4.78 is 1.57. The molecule has 4 nitrogen and oxygen atoms in total. The van der Waals surface area contributed by atoms with Crippen LogP contribution >= 0.6 is 22.9 Å². The van der Waals surface area contributed by atoms with Crippen molar-refractivity contribution in [3.63, 3.8) is 0 Å². The van der Waals surface area contributed by atoms with E-state index >= 15 is 0 Å². The van der Waals surface area contributed by atoms with Crippen molar-refractivity contribution in [1.29, 1.82) is 0 Å². The number of halogens is 1. The van der Waals surface area contributed by atoms with E-state index < -0.39 is 0 Å². The maximum atomic E-state index is 11.8. The van der Waals surface area contributed by atoms with Crippen LogP contribution in [-0.2, 0) is 6.54 Å². The van der Waals surface area contributed by atoms with Crippen LogP contribution in [0.5, 0.6) is 0 Å². The summed E-state index contributed by atoms with van der Waals surface area (Å²) in [6.45, 7) is 2.21. The largest absolute Gasteiger partial charge is 0.308 e. The van der Waals surface area contributed by atoms with Crippen LogP contribution in [0.3, 0.4) is 0 Å². The summed E-state index contributed by atoms with van der Waals surface area (Å²) in [6, 6.07) is 5.36. The first-order chi connectivity index (χ1) is 9.13. The summed E-state index contributed by atoms with van der Waals surface area (Å²) in [4.78, 5) is 21.3. The second-order valence-corrected chi connectivity index (χ2v) is 5.49. The molecule has 0 aliphatic heterocycles. The zero-order valence-corrected chi connectivity index (χ0v) is 11.7. The van der Waals surface area contributed by atoms with Gasteiger partial charge in [0, 0.05) is 17.6 Å². The molecule has 0 aliphatic rings. The average molecular weight is 292 g/mol. The number of pyridine rings is 1. The van der Waals surface area contributed by atoms with Crippen molar-refractivity contribution in [2.24, 2.45) is 0 Å². The maximum absolute atomic E-state index is 11.8. The molecule has 0 spiro atoms. The highest BCUT2D eigenvalue weighted by Gasteiger charge is 2.08. The van der Waals surface area contributed by atoms with Crippen LogP contribution in [0.25, 0.3) is 10.2 Å². The Hall–Kier alpha value is -1.72. The quantitative estimate of drug-likeness (QED) is 0.682. The molecule has 0 fully saturated rings. The van der Waals surface area contributed by atoms with Crippen LogP contribution < -0.4 is 5.56 Å². The number of thiophene rings is 1. The van der Waals surface area contributed by atoms with Crippen molar-refractivity contribution in [1.82, 2.24) is 14.5 Å². The van der Waals surface area contributed by atoms with E-state index in [1.54, 1.807) is 16.8 Å². The van der Waals surface area contributed by atoms with Gasteiger partial charge < -0.3 is 4.57 Å². The minimum absolute atomic E-state index is 0.0639. The van der Waals surface area contributed by atoms with Gasteiger partial charge in [-0.1, -0.05) is 11.6 Å². The molecule has 96 valence electrons.